The number of likely N-dealkylation sites (N-methyl/N-ethyl adjacent to an activating group) is 1. The van der Waals surface area contributed by atoms with Crippen molar-refractivity contribution in [2.45, 2.75) is 38.1 Å². The Bertz CT molecular complexity index is 487. The van der Waals surface area contributed by atoms with Crippen LogP contribution in [0.25, 0.3) is 0 Å². The van der Waals surface area contributed by atoms with Gasteiger partial charge in [-0.1, -0.05) is 43.7 Å². The quantitative estimate of drug-likeness (QED) is 0.804. The first-order valence-electron chi connectivity index (χ1n) is 7.18. The van der Waals surface area contributed by atoms with Crippen molar-refractivity contribution in [1.29, 1.82) is 0 Å². The molecule has 20 heavy (non-hydrogen) atoms. The van der Waals surface area contributed by atoms with Gasteiger partial charge in [-0.25, -0.2) is 0 Å². The van der Waals surface area contributed by atoms with Crippen molar-refractivity contribution < 1.29 is 9.59 Å². The van der Waals surface area contributed by atoms with Crippen LogP contribution in [0.15, 0.2) is 30.3 Å². The summed E-state index contributed by atoms with van der Waals surface area (Å²) in [4.78, 5) is 25.8. The maximum absolute atomic E-state index is 12.2. The van der Waals surface area contributed by atoms with Gasteiger partial charge in [-0.3, -0.25) is 19.8 Å². The Labute approximate surface area is 120 Å². The molecule has 0 radical (unpaired) electrons. The maximum Gasteiger partial charge on any atom is 0.247 e. The summed E-state index contributed by atoms with van der Waals surface area (Å²) in [5, 5.41) is 2.45. The molecule has 108 valence electrons. The van der Waals surface area contributed by atoms with Crippen LogP contribution in [0.1, 0.15) is 31.7 Å². The molecule has 1 unspecified atom stereocenters. The minimum atomic E-state index is -0.652. The maximum atomic E-state index is 12.2. The summed E-state index contributed by atoms with van der Waals surface area (Å²) >= 11 is 0. The van der Waals surface area contributed by atoms with Gasteiger partial charge in [-0.2, -0.15) is 0 Å². The van der Waals surface area contributed by atoms with E-state index >= 15 is 0 Å². The Kier molecular flexibility index (Phi) is 4.55. The van der Waals surface area contributed by atoms with E-state index in [1.165, 1.54) is 5.56 Å². The molecule has 1 fully saturated rings. The molecule has 0 bridgehead atoms. The zero-order valence-electron chi connectivity index (χ0n) is 12.2. The van der Waals surface area contributed by atoms with E-state index < -0.39 is 5.54 Å². The zero-order chi connectivity index (χ0) is 14.6. The number of nitrogens with one attached hydrogen (secondary N) is 1. The molecule has 1 aromatic carbocycles. The molecule has 4 heteroatoms. The highest BCUT2D eigenvalue weighted by Crippen LogP contribution is 2.29. The van der Waals surface area contributed by atoms with Gasteiger partial charge in [0.2, 0.25) is 11.8 Å². The highest BCUT2D eigenvalue weighted by molar-refractivity contribution is 6.08. The molecule has 1 aliphatic rings. The summed E-state index contributed by atoms with van der Waals surface area (Å²) in [6.45, 7) is 2.81. The van der Waals surface area contributed by atoms with Gasteiger partial charge < -0.3 is 0 Å². The summed E-state index contributed by atoms with van der Waals surface area (Å²) in [5.74, 6) is -0.296. The topological polar surface area (TPSA) is 49.4 Å². The predicted molar refractivity (Wildman–Crippen MR) is 78.2 cm³/mol. The number of nitrogens with zero attached hydrogens (tertiary/aromatic N) is 1. The van der Waals surface area contributed by atoms with Crippen LogP contribution in [-0.2, 0) is 16.0 Å². The van der Waals surface area contributed by atoms with E-state index in [1.54, 1.807) is 0 Å². The van der Waals surface area contributed by atoms with Gasteiger partial charge in [-0.15, -0.1) is 0 Å². The Morgan fingerprint density at radius 1 is 1.25 bits per heavy atom. The number of hydrogen-bond acceptors (Lipinski definition) is 3. The lowest BCUT2D eigenvalue weighted by atomic mass is 9.89. The average molecular weight is 274 g/mol. The van der Waals surface area contributed by atoms with Crippen molar-refractivity contribution in [2.24, 2.45) is 0 Å². The van der Waals surface area contributed by atoms with E-state index in [1.807, 2.05) is 37.1 Å². The predicted octanol–water partition coefficient (Wildman–Crippen LogP) is 1.75. The highest BCUT2D eigenvalue weighted by Gasteiger charge is 2.48. The fourth-order valence-electron chi connectivity index (χ4n) is 2.90. The molecule has 2 rings (SSSR count). The Balaban J connectivity index is 2.06. The molecule has 0 aromatic heterocycles. The summed E-state index contributed by atoms with van der Waals surface area (Å²) in [5.41, 5.74) is 0.594. The van der Waals surface area contributed by atoms with Gasteiger partial charge in [0, 0.05) is 6.54 Å². The smallest absolute Gasteiger partial charge is 0.247 e. The molecule has 1 saturated heterocycles. The van der Waals surface area contributed by atoms with E-state index in [-0.39, 0.29) is 18.2 Å². The average Bonchev–Trinajstić information content (AvgIpc) is 2.73. The lowest BCUT2D eigenvalue weighted by Crippen LogP contribution is -2.52. The number of imide groups is 1. The summed E-state index contributed by atoms with van der Waals surface area (Å²) in [6.07, 6.45) is 2.77. The van der Waals surface area contributed by atoms with Crippen molar-refractivity contribution in [3.05, 3.63) is 35.9 Å². The van der Waals surface area contributed by atoms with Gasteiger partial charge in [-0.05, 0) is 25.5 Å². The normalized spacial score (nSPS) is 22.4. The molecule has 1 heterocycles. The molecule has 1 atom stereocenters. The van der Waals surface area contributed by atoms with Gasteiger partial charge >= 0.3 is 0 Å². The second-order valence-electron chi connectivity index (χ2n) is 5.49. The van der Waals surface area contributed by atoms with Crippen molar-refractivity contribution in [2.75, 3.05) is 13.6 Å². The second kappa shape index (κ2) is 6.18. The van der Waals surface area contributed by atoms with Crippen molar-refractivity contribution in [3.8, 4) is 0 Å². The number of rotatable bonds is 6. The van der Waals surface area contributed by atoms with E-state index in [2.05, 4.69) is 17.4 Å². The third-order valence-electron chi connectivity index (χ3n) is 4.10. The number of hydrogen-bond donors (Lipinski definition) is 1. The number of carbonyl (C=O) groups is 2. The van der Waals surface area contributed by atoms with Crippen LogP contribution in [0.4, 0.5) is 0 Å². The molecule has 1 aliphatic heterocycles. The zero-order valence-corrected chi connectivity index (χ0v) is 12.2. The number of carbonyl (C=O) groups excluding carboxylic acids is 2. The minimum Gasteiger partial charge on any atom is -0.295 e. The number of benzene rings is 1. The second-order valence-corrected chi connectivity index (χ2v) is 5.49. The van der Waals surface area contributed by atoms with E-state index in [0.717, 1.165) is 25.8 Å². The van der Waals surface area contributed by atoms with Crippen LogP contribution >= 0.6 is 0 Å². The van der Waals surface area contributed by atoms with Gasteiger partial charge in [0.05, 0.1) is 6.42 Å². The third kappa shape index (κ3) is 2.90. The molecule has 0 aliphatic carbocycles. The molecule has 0 spiro atoms. The van der Waals surface area contributed by atoms with Crippen molar-refractivity contribution in [1.82, 2.24) is 10.2 Å². The molecular weight excluding hydrogens is 252 g/mol. The Hall–Kier alpha value is -1.68. The molecule has 0 saturated carbocycles. The van der Waals surface area contributed by atoms with E-state index in [4.69, 9.17) is 0 Å². The van der Waals surface area contributed by atoms with Crippen LogP contribution in [0.2, 0.25) is 0 Å². The lowest BCUT2D eigenvalue weighted by Gasteiger charge is -2.35. The SMILES string of the molecule is CCCC1(N(C)CCc2ccccc2)CC(=O)NC1=O. The van der Waals surface area contributed by atoms with Crippen molar-refractivity contribution >= 4 is 11.8 Å². The van der Waals surface area contributed by atoms with Crippen LogP contribution in [-0.4, -0.2) is 35.8 Å². The molecular formula is C16H22N2O2. The standard InChI is InChI=1S/C16H22N2O2/c1-3-10-16(12-14(19)17-15(16)20)18(2)11-9-13-7-5-4-6-8-13/h4-8H,3,9-12H2,1-2H3,(H,17,19,20). The fraction of sp³-hybridized carbons (Fsp3) is 0.500. The van der Waals surface area contributed by atoms with Crippen LogP contribution in [0.5, 0.6) is 0 Å². The molecule has 1 N–H and O–H groups in total. The lowest BCUT2D eigenvalue weighted by molar-refractivity contribution is -0.130. The first-order chi connectivity index (χ1) is 9.58. The van der Waals surface area contributed by atoms with Gasteiger partial charge in [0.1, 0.15) is 5.54 Å². The molecule has 4 nitrogen and oxygen atoms in total. The summed E-state index contributed by atoms with van der Waals surface area (Å²) in [7, 11) is 1.94. The summed E-state index contributed by atoms with van der Waals surface area (Å²) < 4.78 is 0. The Morgan fingerprint density at radius 2 is 1.95 bits per heavy atom. The van der Waals surface area contributed by atoms with Crippen LogP contribution in [0, 0.1) is 0 Å². The van der Waals surface area contributed by atoms with Gasteiger partial charge in [0.15, 0.2) is 0 Å². The number of amides is 2. The van der Waals surface area contributed by atoms with E-state index in [9.17, 15) is 9.59 Å². The van der Waals surface area contributed by atoms with Gasteiger partial charge in [0.25, 0.3) is 0 Å². The molecule has 2 amide bonds. The monoisotopic (exact) mass is 274 g/mol. The van der Waals surface area contributed by atoms with E-state index in [0.29, 0.717) is 0 Å². The Morgan fingerprint density at radius 3 is 2.50 bits per heavy atom. The third-order valence-corrected chi connectivity index (χ3v) is 4.10. The minimum absolute atomic E-state index is 0.139. The van der Waals surface area contributed by atoms with Crippen LogP contribution < -0.4 is 5.32 Å². The first kappa shape index (κ1) is 14.7. The fourth-order valence-corrected chi connectivity index (χ4v) is 2.90. The molecule has 1 aromatic rings. The highest BCUT2D eigenvalue weighted by atomic mass is 16.2. The summed E-state index contributed by atoms with van der Waals surface area (Å²) in [6, 6.07) is 10.2. The van der Waals surface area contributed by atoms with Crippen LogP contribution in [0.3, 0.4) is 0 Å². The first-order valence-corrected chi connectivity index (χ1v) is 7.18. The largest absolute Gasteiger partial charge is 0.295 e. The van der Waals surface area contributed by atoms with Crippen molar-refractivity contribution in [3.63, 3.8) is 0 Å².